The molecule has 0 aliphatic heterocycles. The van der Waals surface area contributed by atoms with Gasteiger partial charge in [-0.25, -0.2) is 4.98 Å². The summed E-state index contributed by atoms with van der Waals surface area (Å²) in [5, 5.41) is 8.50. The molecule has 0 spiro atoms. The first-order chi connectivity index (χ1) is 14.2. The van der Waals surface area contributed by atoms with E-state index in [0.717, 1.165) is 17.5 Å². The van der Waals surface area contributed by atoms with E-state index < -0.39 is 0 Å². The summed E-state index contributed by atoms with van der Waals surface area (Å²) >= 11 is 0. The van der Waals surface area contributed by atoms with Gasteiger partial charge in [-0.2, -0.15) is 4.98 Å². The molecule has 0 N–H and O–H groups in total. The van der Waals surface area contributed by atoms with Crippen LogP contribution in [0.25, 0.3) is 11.3 Å². The number of nitrogens with zero attached hydrogens (tertiary/aromatic N) is 4. The predicted octanol–water partition coefficient (Wildman–Crippen LogP) is 3.11. The zero-order valence-electron chi connectivity index (χ0n) is 16.4. The molecule has 2 aromatic heterocycles. The maximum absolute atomic E-state index is 5.44. The van der Waals surface area contributed by atoms with Crippen molar-refractivity contribution in [3.8, 4) is 40.9 Å². The number of aromatic nitrogens is 4. The largest absolute Gasteiger partial charge is 0.480 e. The van der Waals surface area contributed by atoms with E-state index >= 15 is 0 Å². The molecule has 1 aliphatic rings. The molecule has 146 valence electrons. The second-order valence-corrected chi connectivity index (χ2v) is 6.56. The summed E-state index contributed by atoms with van der Waals surface area (Å²) in [4.78, 5) is 8.38. The highest BCUT2D eigenvalue weighted by Gasteiger charge is 2.40. The highest BCUT2D eigenvalue weighted by molar-refractivity contribution is 5.65. The van der Waals surface area contributed by atoms with E-state index in [1.165, 1.54) is 7.11 Å². The van der Waals surface area contributed by atoms with Gasteiger partial charge in [0.2, 0.25) is 11.8 Å². The van der Waals surface area contributed by atoms with Gasteiger partial charge >= 0.3 is 6.01 Å². The fourth-order valence-corrected chi connectivity index (χ4v) is 3.13. The summed E-state index contributed by atoms with van der Waals surface area (Å²) in [7, 11) is 4.64. The molecule has 2 atom stereocenters. The van der Waals surface area contributed by atoms with Gasteiger partial charge in [-0.15, -0.1) is 10.2 Å². The summed E-state index contributed by atoms with van der Waals surface area (Å²) in [6, 6.07) is 12.2. The van der Waals surface area contributed by atoms with Crippen molar-refractivity contribution in [2.75, 3.05) is 21.3 Å². The molecule has 29 heavy (non-hydrogen) atoms. The topological polar surface area (TPSA) is 79.2 Å². The van der Waals surface area contributed by atoms with E-state index in [0.29, 0.717) is 23.0 Å². The first-order valence-corrected chi connectivity index (χ1v) is 9.17. The van der Waals surface area contributed by atoms with Crippen molar-refractivity contribution >= 4 is 0 Å². The number of methoxy groups -OCH3 is 3. The maximum atomic E-state index is 5.44. The fourth-order valence-electron chi connectivity index (χ4n) is 3.13. The van der Waals surface area contributed by atoms with Crippen molar-refractivity contribution in [3.63, 3.8) is 0 Å². The summed E-state index contributed by atoms with van der Waals surface area (Å²) in [6.45, 7) is 0. The Labute approximate surface area is 169 Å². The van der Waals surface area contributed by atoms with E-state index in [4.69, 9.17) is 14.2 Å². The molecule has 2 heterocycles. The zero-order valence-corrected chi connectivity index (χ0v) is 16.4. The smallest absolute Gasteiger partial charge is 0.319 e. The Balaban J connectivity index is 1.63. The molecule has 1 aliphatic carbocycles. The van der Waals surface area contributed by atoms with Gasteiger partial charge in [-0.1, -0.05) is 30.0 Å². The van der Waals surface area contributed by atoms with E-state index in [1.54, 1.807) is 20.4 Å². The minimum absolute atomic E-state index is 0.228. The van der Waals surface area contributed by atoms with Gasteiger partial charge in [0.05, 0.1) is 26.9 Å². The Hall–Kier alpha value is -3.66. The lowest BCUT2D eigenvalue weighted by Crippen LogP contribution is -2.02. The molecule has 0 radical (unpaired) electrons. The van der Waals surface area contributed by atoms with Gasteiger partial charge in [-0.3, -0.25) is 0 Å². The number of hydrogen-bond acceptors (Lipinski definition) is 7. The Kier molecular flexibility index (Phi) is 5.25. The summed E-state index contributed by atoms with van der Waals surface area (Å²) < 4.78 is 15.9. The number of benzene rings is 1. The van der Waals surface area contributed by atoms with Gasteiger partial charge in [0.1, 0.15) is 5.69 Å². The molecule has 4 rings (SSSR count). The molecule has 0 bridgehead atoms. The summed E-state index contributed by atoms with van der Waals surface area (Å²) in [6.07, 6.45) is 2.57. The molecule has 0 saturated heterocycles. The van der Waals surface area contributed by atoms with Crippen LogP contribution in [0.5, 0.6) is 17.8 Å². The van der Waals surface area contributed by atoms with Gasteiger partial charge in [-0.05, 0) is 24.6 Å². The molecule has 3 aromatic rings. The first kappa shape index (κ1) is 18.7. The molecule has 1 aromatic carbocycles. The van der Waals surface area contributed by atoms with E-state index in [1.807, 2.05) is 36.4 Å². The van der Waals surface area contributed by atoms with Crippen LogP contribution in [0.2, 0.25) is 0 Å². The third kappa shape index (κ3) is 3.97. The Bertz CT molecular complexity index is 1080. The normalized spacial score (nSPS) is 17.1. The Morgan fingerprint density at radius 2 is 1.76 bits per heavy atom. The van der Waals surface area contributed by atoms with Gasteiger partial charge in [0.15, 0.2) is 0 Å². The molecular weight excluding hydrogens is 368 g/mol. The van der Waals surface area contributed by atoms with Crippen LogP contribution in [0.1, 0.15) is 23.5 Å². The predicted molar refractivity (Wildman–Crippen MR) is 107 cm³/mol. The second kappa shape index (κ2) is 8.15. The third-order valence-electron chi connectivity index (χ3n) is 4.73. The lowest BCUT2D eigenvalue weighted by Gasteiger charge is -2.10. The maximum Gasteiger partial charge on any atom is 0.319 e. The van der Waals surface area contributed by atoms with E-state index in [9.17, 15) is 0 Å². The average Bonchev–Trinajstić information content (AvgIpc) is 3.57. The SMILES string of the molecule is COc1ncc(-c2cc([C@H]3C[C@@H]3C#Cc3ccccc3)c(OC)nn2)c(OC)n1. The van der Waals surface area contributed by atoms with Crippen molar-refractivity contribution < 1.29 is 14.2 Å². The summed E-state index contributed by atoms with van der Waals surface area (Å²) in [5.74, 6) is 7.98. The Morgan fingerprint density at radius 1 is 0.966 bits per heavy atom. The van der Waals surface area contributed by atoms with Gasteiger partial charge in [0, 0.05) is 29.2 Å². The van der Waals surface area contributed by atoms with Crippen LogP contribution in [-0.4, -0.2) is 41.5 Å². The van der Waals surface area contributed by atoms with Crippen molar-refractivity contribution in [2.45, 2.75) is 12.3 Å². The van der Waals surface area contributed by atoms with Crippen LogP contribution in [0.3, 0.4) is 0 Å². The number of rotatable bonds is 5. The standard InChI is InChI=1S/C22H20N4O3/c1-27-20-18(13-23-22(24-20)29-3)19-12-17(21(28-2)26-25-19)16-11-15(16)10-9-14-7-5-4-6-8-14/h4-8,12-13,15-16H,11H2,1-3H3/t15-,16-/m0/s1. The molecule has 7 heteroatoms. The molecular formula is C22H20N4O3. The molecule has 0 unspecified atom stereocenters. The summed E-state index contributed by atoms with van der Waals surface area (Å²) in [5.41, 5.74) is 3.24. The second-order valence-electron chi connectivity index (χ2n) is 6.56. The van der Waals surface area contributed by atoms with Crippen LogP contribution in [-0.2, 0) is 0 Å². The number of hydrogen-bond donors (Lipinski definition) is 0. The third-order valence-corrected chi connectivity index (χ3v) is 4.73. The van der Waals surface area contributed by atoms with Crippen LogP contribution >= 0.6 is 0 Å². The van der Waals surface area contributed by atoms with Crippen LogP contribution in [0, 0.1) is 17.8 Å². The minimum Gasteiger partial charge on any atom is -0.480 e. The van der Waals surface area contributed by atoms with Crippen molar-refractivity contribution in [2.24, 2.45) is 5.92 Å². The Morgan fingerprint density at radius 3 is 2.48 bits per heavy atom. The monoisotopic (exact) mass is 388 g/mol. The zero-order chi connectivity index (χ0) is 20.2. The van der Waals surface area contributed by atoms with E-state index in [2.05, 4.69) is 32.0 Å². The quantitative estimate of drug-likeness (QED) is 0.621. The van der Waals surface area contributed by atoms with Crippen molar-refractivity contribution in [3.05, 3.63) is 53.7 Å². The highest BCUT2D eigenvalue weighted by Crippen LogP contribution is 2.50. The first-order valence-electron chi connectivity index (χ1n) is 9.17. The molecule has 1 saturated carbocycles. The minimum atomic E-state index is 0.228. The van der Waals surface area contributed by atoms with Gasteiger partial charge in [0.25, 0.3) is 0 Å². The molecule has 1 fully saturated rings. The fraction of sp³-hybridized carbons (Fsp3) is 0.273. The van der Waals surface area contributed by atoms with Crippen molar-refractivity contribution in [1.29, 1.82) is 0 Å². The van der Waals surface area contributed by atoms with Gasteiger partial charge < -0.3 is 14.2 Å². The molecule has 7 nitrogen and oxygen atoms in total. The van der Waals surface area contributed by atoms with Crippen LogP contribution < -0.4 is 14.2 Å². The van der Waals surface area contributed by atoms with E-state index in [-0.39, 0.29) is 17.8 Å². The van der Waals surface area contributed by atoms with Crippen molar-refractivity contribution in [1.82, 2.24) is 20.2 Å². The highest BCUT2D eigenvalue weighted by atomic mass is 16.5. The van der Waals surface area contributed by atoms with Crippen LogP contribution in [0.4, 0.5) is 0 Å². The van der Waals surface area contributed by atoms with Crippen LogP contribution in [0.15, 0.2) is 42.6 Å². The lowest BCUT2D eigenvalue weighted by atomic mass is 10.1. The average molecular weight is 388 g/mol. The lowest BCUT2D eigenvalue weighted by molar-refractivity contribution is 0.353. The molecule has 0 amide bonds. The number of ether oxygens (including phenoxy) is 3.